The predicted octanol–water partition coefficient (Wildman–Crippen LogP) is 0.759. The quantitative estimate of drug-likeness (QED) is 0.547. The molecule has 3 aromatic rings. The Morgan fingerprint density at radius 1 is 1.19 bits per heavy atom. The van der Waals surface area contributed by atoms with Crippen LogP contribution in [0.4, 0.5) is 0 Å². The number of nitrogens with zero attached hydrogens (tertiary/aromatic N) is 4. The van der Waals surface area contributed by atoms with Crippen molar-refractivity contribution in [3.05, 3.63) is 42.0 Å². The fourth-order valence-corrected chi connectivity index (χ4v) is 4.08. The lowest BCUT2D eigenvalue weighted by molar-refractivity contribution is -0.127. The Balaban J connectivity index is 1.42. The van der Waals surface area contributed by atoms with Gasteiger partial charge in [-0.3, -0.25) is 4.79 Å². The smallest absolute Gasteiger partial charge is 0.261 e. The van der Waals surface area contributed by atoms with E-state index in [4.69, 9.17) is 14.3 Å². The number of hydrogen-bond acceptors (Lipinski definition) is 8. The van der Waals surface area contributed by atoms with Gasteiger partial charge >= 0.3 is 0 Å². The zero-order valence-corrected chi connectivity index (χ0v) is 18.6. The molecule has 1 aromatic heterocycles. The second-order valence-corrected chi connectivity index (χ2v) is 9.52. The standard InChI is InChI=1S/C20H23N5O6S/c1-13(14-4-7-18-19(10-14)30-9-8-29-18)21-20(26)12-31-25-17-11-15(32(27,28)24(2)3)5-6-16(17)22-23-25/h4-7,10-11,13H,8-9,12H2,1-3H3,(H,21,26)/t13-/m1/s1. The van der Waals surface area contributed by atoms with Crippen LogP contribution in [0.25, 0.3) is 11.0 Å². The highest BCUT2D eigenvalue weighted by Crippen LogP contribution is 2.32. The average Bonchev–Trinajstić information content (AvgIpc) is 3.19. The molecule has 1 amide bonds. The van der Waals surface area contributed by atoms with Gasteiger partial charge in [-0.25, -0.2) is 12.7 Å². The molecule has 0 unspecified atom stereocenters. The van der Waals surface area contributed by atoms with Crippen molar-refractivity contribution in [3.63, 3.8) is 0 Å². The van der Waals surface area contributed by atoms with E-state index in [1.807, 2.05) is 25.1 Å². The van der Waals surface area contributed by atoms with Gasteiger partial charge in [0.05, 0.1) is 10.9 Å². The molecule has 2 aromatic carbocycles. The first-order valence-corrected chi connectivity index (χ1v) is 11.3. The SMILES string of the molecule is C[C@@H](NC(=O)COn1nnc2ccc(S(=O)(=O)N(C)C)cc21)c1ccc2c(c1)OCCO2. The summed E-state index contributed by atoms with van der Waals surface area (Å²) >= 11 is 0. The van der Waals surface area contributed by atoms with Crippen LogP contribution in [-0.4, -0.2) is 67.7 Å². The summed E-state index contributed by atoms with van der Waals surface area (Å²) in [5.74, 6) is 0.937. The van der Waals surface area contributed by atoms with Crippen LogP contribution in [0.2, 0.25) is 0 Å². The predicted molar refractivity (Wildman–Crippen MR) is 114 cm³/mol. The Morgan fingerprint density at radius 2 is 1.94 bits per heavy atom. The second-order valence-electron chi connectivity index (χ2n) is 7.37. The molecule has 1 N–H and O–H groups in total. The number of rotatable bonds is 7. The van der Waals surface area contributed by atoms with Gasteiger partial charge in [-0.2, -0.15) is 0 Å². The molecule has 1 aliphatic rings. The van der Waals surface area contributed by atoms with E-state index in [0.717, 1.165) is 14.7 Å². The summed E-state index contributed by atoms with van der Waals surface area (Å²) in [7, 11) is -0.751. The van der Waals surface area contributed by atoms with Gasteiger partial charge in [-0.15, -0.1) is 5.10 Å². The number of amides is 1. The van der Waals surface area contributed by atoms with E-state index in [1.54, 1.807) is 0 Å². The molecule has 0 radical (unpaired) electrons. The van der Waals surface area contributed by atoms with Crippen molar-refractivity contribution in [1.82, 2.24) is 24.8 Å². The molecule has 0 saturated carbocycles. The van der Waals surface area contributed by atoms with Gasteiger partial charge in [0, 0.05) is 14.1 Å². The molecule has 0 spiro atoms. The lowest BCUT2D eigenvalue weighted by atomic mass is 10.1. The van der Waals surface area contributed by atoms with Crippen molar-refractivity contribution in [2.75, 3.05) is 33.9 Å². The number of fused-ring (bicyclic) bond motifs is 2. The maximum absolute atomic E-state index is 12.4. The Hall–Kier alpha value is -3.38. The number of hydrogen-bond donors (Lipinski definition) is 1. The van der Waals surface area contributed by atoms with Crippen molar-refractivity contribution in [1.29, 1.82) is 0 Å². The van der Waals surface area contributed by atoms with Gasteiger partial charge in [-0.1, -0.05) is 10.9 Å². The fraction of sp³-hybridized carbons (Fsp3) is 0.350. The normalized spacial score (nSPS) is 14.4. The number of ether oxygens (including phenoxy) is 2. The van der Waals surface area contributed by atoms with Crippen LogP contribution in [0.15, 0.2) is 41.3 Å². The van der Waals surface area contributed by atoms with Gasteiger partial charge in [0.2, 0.25) is 10.0 Å². The van der Waals surface area contributed by atoms with E-state index in [1.165, 1.54) is 32.3 Å². The van der Waals surface area contributed by atoms with Crippen LogP contribution < -0.4 is 19.6 Å². The monoisotopic (exact) mass is 461 g/mol. The minimum Gasteiger partial charge on any atom is -0.486 e. The van der Waals surface area contributed by atoms with Crippen LogP contribution in [0.5, 0.6) is 11.5 Å². The van der Waals surface area contributed by atoms with E-state index in [2.05, 4.69) is 15.6 Å². The molecule has 0 fully saturated rings. The summed E-state index contributed by atoms with van der Waals surface area (Å²) in [6.45, 7) is 2.49. The lowest BCUT2D eigenvalue weighted by Crippen LogP contribution is -2.34. The molecule has 170 valence electrons. The maximum atomic E-state index is 12.4. The first kappa shape index (κ1) is 21.8. The topological polar surface area (TPSA) is 125 Å². The van der Waals surface area contributed by atoms with Gasteiger partial charge in [-0.05, 0) is 48.0 Å². The van der Waals surface area contributed by atoms with Crippen LogP contribution in [0.1, 0.15) is 18.5 Å². The van der Waals surface area contributed by atoms with Crippen LogP contribution >= 0.6 is 0 Å². The second kappa shape index (κ2) is 8.63. The average molecular weight is 462 g/mol. The first-order chi connectivity index (χ1) is 15.3. The van der Waals surface area contributed by atoms with E-state index in [9.17, 15) is 13.2 Å². The van der Waals surface area contributed by atoms with Gasteiger partial charge in [0.1, 0.15) is 24.2 Å². The number of nitrogens with one attached hydrogen (secondary N) is 1. The third-order valence-electron chi connectivity index (χ3n) is 4.93. The molecule has 11 nitrogen and oxygen atoms in total. The van der Waals surface area contributed by atoms with Crippen LogP contribution in [0, 0.1) is 0 Å². The Labute approximate surface area is 184 Å². The third-order valence-corrected chi connectivity index (χ3v) is 6.74. The number of benzene rings is 2. The first-order valence-electron chi connectivity index (χ1n) is 9.86. The van der Waals surface area contributed by atoms with Crippen molar-refractivity contribution in [2.24, 2.45) is 0 Å². The van der Waals surface area contributed by atoms with E-state index < -0.39 is 10.0 Å². The number of carbonyl (C=O) groups excluding carboxylic acids is 1. The molecule has 1 aliphatic heterocycles. The molecule has 2 heterocycles. The third kappa shape index (κ3) is 4.32. The highest BCUT2D eigenvalue weighted by Gasteiger charge is 2.20. The molecular formula is C20H23N5O6S. The molecule has 1 atom stereocenters. The number of sulfonamides is 1. The van der Waals surface area contributed by atoms with Gasteiger partial charge in [0.15, 0.2) is 18.1 Å². The zero-order valence-electron chi connectivity index (χ0n) is 17.8. The minimum absolute atomic E-state index is 0.0684. The van der Waals surface area contributed by atoms with Crippen LogP contribution in [0.3, 0.4) is 0 Å². The highest BCUT2D eigenvalue weighted by molar-refractivity contribution is 7.89. The lowest BCUT2D eigenvalue weighted by Gasteiger charge is -2.21. The van der Waals surface area contributed by atoms with Crippen molar-refractivity contribution in [3.8, 4) is 11.5 Å². The zero-order chi connectivity index (χ0) is 22.9. The van der Waals surface area contributed by atoms with E-state index in [-0.39, 0.29) is 23.5 Å². The molecule has 32 heavy (non-hydrogen) atoms. The largest absolute Gasteiger partial charge is 0.486 e. The number of carbonyl (C=O) groups is 1. The van der Waals surface area contributed by atoms with Crippen molar-refractivity contribution >= 4 is 27.0 Å². The minimum atomic E-state index is -3.64. The summed E-state index contributed by atoms with van der Waals surface area (Å²) in [5, 5.41) is 10.6. The summed E-state index contributed by atoms with van der Waals surface area (Å²) in [5.41, 5.74) is 1.63. The van der Waals surface area contributed by atoms with E-state index in [0.29, 0.717) is 35.7 Å². The summed E-state index contributed by atoms with van der Waals surface area (Å²) in [4.78, 5) is 19.0. The fourth-order valence-electron chi connectivity index (χ4n) is 3.16. The van der Waals surface area contributed by atoms with E-state index >= 15 is 0 Å². The van der Waals surface area contributed by atoms with Crippen molar-refractivity contribution in [2.45, 2.75) is 17.9 Å². The molecule has 0 saturated heterocycles. The van der Waals surface area contributed by atoms with Gasteiger partial charge < -0.3 is 19.6 Å². The molecular weight excluding hydrogens is 438 g/mol. The summed E-state index contributed by atoms with van der Waals surface area (Å²) in [6.07, 6.45) is 0. The Morgan fingerprint density at radius 3 is 2.69 bits per heavy atom. The summed E-state index contributed by atoms with van der Waals surface area (Å²) in [6, 6.07) is 9.58. The van der Waals surface area contributed by atoms with Crippen LogP contribution in [-0.2, 0) is 14.8 Å². The molecule has 0 aliphatic carbocycles. The highest BCUT2D eigenvalue weighted by atomic mass is 32.2. The molecule has 0 bridgehead atoms. The maximum Gasteiger partial charge on any atom is 0.261 e. The molecule has 12 heteroatoms. The van der Waals surface area contributed by atoms with Gasteiger partial charge in [0.25, 0.3) is 5.91 Å². The Kier molecular flexibility index (Phi) is 5.89. The molecule has 4 rings (SSSR count). The summed E-state index contributed by atoms with van der Waals surface area (Å²) < 4.78 is 36.9. The number of aromatic nitrogens is 3. The van der Waals surface area contributed by atoms with Crippen molar-refractivity contribution < 1.29 is 27.5 Å². The Bertz CT molecular complexity index is 1260.